The molecule has 0 fully saturated rings. The number of nitro groups is 1. The zero-order valence-electron chi connectivity index (χ0n) is 8.73. The topological polar surface area (TPSA) is 61.0 Å². The molecule has 1 aromatic heterocycles. The predicted molar refractivity (Wildman–Crippen MR) is 53.1 cm³/mol. The Morgan fingerprint density at radius 3 is 2.71 bits per heavy atom. The maximum absolute atomic E-state index is 10.8. The molecule has 0 amide bonds. The molecule has 0 aromatic carbocycles. The highest BCUT2D eigenvalue weighted by atomic mass is 16.6. The van der Waals surface area contributed by atoms with Crippen LogP contribution in [0.15, 0.2) is 6.20 Å². The molecular weight excluding hydrogens is 182 g/mol. The summed E-state index contributed by atoms with van der Waals surface area (Å²) in [6.07, 6.45) is 2.30. The van der Waals surface area contributed by atoms with Gasteiger partial charge in [-0.05, 0) is 24.2 Å². The van der Waals surface area contributed by atoms with Gasteiger partial charge in [0.25, 0.3) is 0 Å². The average molecular weight is 197 g/mol. The van der Waals surface area contributed by atoms with Crippen molar-refractivity contribution in [3.8, 4) is 0 Å². The van der Waals surface area contributed by atoms with E-state index in [2.05, 4.69) is 5.10 Å². The van der Waals surface area contributed by atoms with Gasteiger partial charge in [-0.25, -0.2) is 0 Å². The summed E-state index contributed by atoms with van der Waals surface area (Å²) in [5.74, 6) is 0.546. The minimum Gasteiger partial charge on any atom is -0.358 e. The lowest BCUT2D eigenvalue weighted by Crippen LogP contribution is -2.05. The molecule has 0 radical (unpaired) electrons. The Labute approximate surface area is 82.9 Å². The van der Waals surface area contributed by atoms with Crippen LogP contribution in [-0.4, -0.2) is 14.7 Å². The van der Waals surface area contributed by atoms with Crippen LogP contribution in [0, 0.1) is 16.0 Å². The highest BCUT2D eigenvalue weighted by molar-refractivity contribution is 5.31. The summed E-state index contributed by atoms with van der Waals surface area (Å²) in [7, 11) is 0. The Kier molecular flexibility index (Phi) is 3.22. The maximum Gasteiger partial charge on any atom is 0.348 e. The molecule has 0 bridgehead atoms. The minimum absolute atomic E-state index is 0.140. The van der Waals surface area contributed by atoms with Gasteiger partial charge < -0.3 is 10.1 Å². The fourth-order valence-corrected chi connectivity index (χ4v) is 1.44. The van der Waals surface area contributed by atoms with Crippen molar-refractivity contribution in [2.75, 3.05) is 0 Å². The summed E-state index contributed by atoms with van der Waals surface area (Å²) >= 11 is 0. The molecule has 14 heavy (non-hydrogen) atoms. The third kappa shape index (κ3) is 2.10. The van der Waals surface area contributed by atoms with Crippen LogP contribution in [0.2, 0.25) is 0 Å². The Morgan fingerprint density at radius 2 is 2.29 bits per heavy atom. The first-order valence-corrected chi connectivity index (χ1v) is 4.75. The lowest BCUT2D eigenvalue weighted by atomic mass is 10.1. The molecule has 0 saturated carbocycles. The average Bonchev–Trinajstić information content (AvgIpc) is 2.46. The van der Waals surface area contributed by atoms with E-state index in [1.807, 2.05) is 20.8 Å². The van der Waals surface area contributed by atoms with Gasteiger partial charge >= 0.3 is 5.82 Å². The van der Waals surface area contributed by atoms with Crippen molar-refractivity contribution in [2.24, 2.45) is 5.92 Å². The molecule has 5 heteroatoms. The molecule has 0 saturated heterocycles. The molecule has 1 heterocycles. The second-order valence-corrected chi connectivity index (χ2v) is 3.66. The summed E-state index contributed by atoms with van der Waals surface area (Å²) in [5, 5.41) is 14.8. The number of hydrogen-bond donors (Lipinski definition) is 0. The molecular formula is C9H15N3O2. The summed E-state index contributed by atoms with van der Waals surface area (Å²) in [6.45, 7) is 6.45. The molecule has 1 rings (SSSR count). The first-order valence-electron chi connectivity index (χ1n) is 4.75. The van der Waals surface area contributed by atoms with Crippen molar-refractivity contribution in [2.45, 2.75) is 33.7 Å². The Balaban J connectivity index is 3.04. The van der Waals surface area contributed by atoms with Crippen molar-refractivity contribution in [1.29, 1.82) is 0 Å². The van der Waals surface area contributed by atoms with Crippen LogP contribution >= 0.6 is 0 Å². The number of aryl methyl sites for hydroxylation is 1. The summed E-state index contributed by atoms with van der Waals surface area (Å²) in [4.78, 5) is 10.4. The number of nitrogens with zero attached hydrogens (tertiary/aromatic N) is 3. The van der Waals surface area contributed by atoms with Gasteiger partial charge in [-0.1, -0.05) is 18.9 Å². The Bertz CT molecular complexity index is 331. The van der Waals surface area contributed by atoms with E-state index >= 15 is 0 Å². The van der Waals surface area contributed by atoms with Gasteiger partial charge in [0.1, 0.15) is 6.54 Å². The monoisotopic (exact) mass is 197 g/mol. The van der Waals surface area contributed by atoms with E-state index in [9.17, 15) is 10.1 Å². The van der Waals surface area contributed by atoms with Gasteiger partial charge in [-0.15, -0.1) is 4.68 Å². The van der Waals surface area contributed by atoms with Crippen molar-refractivity contribution in [3.63, 3.8) is 0 Å². The second kappa shape index (κ2) is 4.21. The molecule has 0 spiro atoms. The molecule has 0 aliphatic rings. The normalized spacial score (nSPS) is 10.9. The maximum atomic E-state index is 10.8. The zero-order chi connectivity index (χ0) is 10.7. The van der Waals surface area contributed by atoms with Crippen molar-refractivity contribution < 1.29 is 4.92 Å². The number of rotatable bonds is 4. The van der Waals surface area contributed by atoms with Gasteiger partial charge in [0.2, 0.25) is 0 Å². The van der Waals surface area contributed by atoms with Gasteiger partial charge in [0.15, 0.2) is 0 Å². The fourth-order valence-electron chi connectivity index (χ4n) is 1.44. The highest BCUT2D eigenvalue weighted by Crippen LogP contribution is 2.20. The van der Waals surface area contributed by atoms with Crippen LogP contribution in [-0.2, 0) is 13.0 Å². The fraction of sp³-hybridized carbons (Fsp3) is 0.667. The lowest BCUT2D eigenvalue weighted by molar-refractivity contribution is -0.393. The van der Waals surface area contributed by atoms with Crippen LogP contribution in [0.3, 0.4) is 0 Å². The van der Waals surface area contributed by atoms with E-state index in [0.29, 0.717) is 18.9 Å². The molecule has 0 aliphatic heterocycles. The first kappa shape index (κ1) is 10.7. The molecule has 0 atom stereocenters. The summed E-state index contributed by atoms with van der Waals surface area (Å²) in [6, 6.07) is 0. The Morgan fingerprint density at radius 1 is 1.64 bits per heavy atom. The standard InChI is InChI=1S/C9H15N3O2/c1-4-11-9(12(13)14)8(6-10-11)5-7(2)3/h6-7H,4-5H2,1-3H3. The van der Waals surface area contributed by atoms with E-state index in [1.54, 1.807) is 6.20 Å². The van der Waals surface area contributed by atoms with E-state index in [4.69, 9.17) is 0 Å². The third-order valence-electron chi connectivity index (χ3n) is 1.99. The van der Waals surface area contributed by atoms with E-state index in [-0.39, 0.29) is 10.7 Å². The van der Waals surface area contributed by atoms with Crippen LogP contribution in [0.4, 0.5) is 5.82 Å². The smallest absolute Gasteiger partial charge is 0.348 e. The SMILES string of the molecule is CCn1ncc(CC(C)C)c1[N+](=O)[O-]. The van der Waals surface area contributed by atoms with Crippen molar-refractivity contribution in [1.82, 2.24) is 9.78 Å². The van der Waals surface area contributed by atoms with Crippen LogP contribution in [0.25, 0.3) is 0 Å². The molecule has 5 nitrogen and oxygen atoms in total. The largest absolute Gasteiger partial charge is 0.358 e. The molecule has 0 N–H and O–H groups in total. The summed E-state index contributed by atoms with van der Waals surface area (Å²) < 4.78 is 1.43. The number of hydrogen-bond acceptors (Lipinski definition) is 3. The van der Waals surface area contributed by atoms with E-state index in [0.717, 1.165) is 5.56 Å². The first-order chi connectivity index (χ1) is 6.56. The second-order valence-electron chi connectivity index (χ2n) is 3.66. The third-order valence-corrected chi connectivity index (χ3v) is 1.99. The zero-order valence-corrected chi connectivity index (χ0v) is 8.73. The van der Waals surface area contributed by atoms with Gasteiger partial charge in [0.05, 0.1) is 11.8 Å². The lowest BCUT2D eigenvalue weighted by Gasteiger charge is -2.02. The van der Waals surface area contributed by atoms with Crippen molar-refractivity contribution in [3.05, 3.63) is 21.9 Å². The molecule has 0 aliphatic carbocycles. The molecule has 78 valence electrons. The van der Waals surface area contributed by atoms with Crippen LogP contribution in [0.5, 0.6) is 0 Å². The van der Waals surface area contributed by atoms with Crippen molar-refractivity contribution >= 4 is 5.82 Å². The minimum atomic E-state index is -0.353. The van der Waals surface area contributed by atoms with E-state index < -0.39 is 0 Å². The van der Waals surface area contributed by atoms with Gasteiger partial charge in [-0.2, -0.15) is 0 Å². The predicted octanol–water partition coefficient (Wildman–Crippen LogP) is 2.01. The van der Waals surface area contributed by atoms with E-state index in [1.165, 1.54) is 4.68 Å². The van der Waals surface area contributed by atoms with Crippen LogP contribution < -0.4 is 0 Å². The molecule has 1 aromatic rings. The Hall–Kier alpha value is -1.39. The summed E-state index contributed by atoms with van der Waals surface area (Å²) in [5.41, 5.74) is 0.729. The number of aromatic nitrogens is 2. The van der Waals surface area contributed by atoms with Gasteiger partial charge in [0, 0.05) is 0 Å². The quantitative estimate of drug-likeness (QED) is 0.548. The molecule has 0 unspecified atom stereocenters. The van der Waals surface area contributed by atoms with Crippen LogP contribution in [0.1, 0.15) is 26.3 Å². The highest BCUT2D eigenvalue weighted by Gasteiger charge is 2.20. The van der Waals surface area contributed by atoms with Gasteiger partial charge in [-0.3, -0.25) is 0 Å².